The minimum atomic E-state index is -0.303. The molecule has 0 radical (unpaired) electrons. The molecule has 1 aliphatic heterocycles. The second kappa shape index (κ2) is 13.4. The number of nitrogens with one attached hydrogen (secondary N) is 2. The first-order valence-electron chi connectivity index (χ1n) is 10.5. The summed E-state index contributed by atoms with van der Waals surface area (Å²) in [6, 6.07) is 0.339. The first-order valence-corrected chi connectivity index (χ1v) is 11.3. The number of carbonyl (C=O) groups is 1. The Bertz CT molecular complexity index is 691. The van der Waals surface area contributed by atoms with E-state index in [9.17, 15) is 4.79 Å². The third-order valence-electron chi connectivity index (χ3n) is 5.02. The van der Waals surface area contributed by atoms with E-state index in [1.165, 1.54) is 11.3 Å². The molecule has 0 amide bonds. The summed E-state index contributed by atoms with van der Waals surface area (Å²) in [7, 11) is 2.17. The number of hydrogen-bond acceptors (Lipinski definition) is 7. The molecule has 2 atom stereocenters. The van der Waals surface area contributed by atoms with Gasteiger partial charge < -0.3 is 20.3 Å². The van der Waals surface area contributed by atoms with Gasteiger partial charge in [-0.25, -0.2) is 9.78 Å². The molecule has 2 unspecified atom stereocenters. The van der Waals surface area contributed by atoms with Crippen molar-refractivity contribution in [3.8, 4) is 0 Å². The molecule has 172 valence electrons. The van der Waals surface area contributed by atoms with E-state index >= 15 is 0 Å². The number of thiazole rings is 1. The van der Waals surface area contributed by atoms with Crippen LogP contribution in [0.3, 0.4) is 0 Å². The lowest BCUT2D eigenvalue weighted by atomic mass is 10.2. The van der Waals surface area contributed by atoms with Crippen LogP contribution in [-0.4, -0.2) is 85.7 Å². The van der Waals surface area contributed by atoms with Crippen molar-refractivity contribution in [2.45, 2.75) is 46.7 Å². The smallest absolute Gasteiger partial charge is 0.350 e. The normalized spacial score (nSPS) is 17.7. The lowest BCUT2D eigenvalue weighted by Crippen LogP contribution is -2.49. The second-order valence-corrected chi connectivity index (χ2v) is 8.49. The molecule has 2 N–H and O–H groups in total. The molecule has 0 spiro atoms. The highest BCUT2D eigenvalue weighted by Gasteiger charge is 2.21. The first-order chi connectivity index (χ1) is 13.8. The van der Waals surface area contributed by atoms with E-state index in [0.29, 0.717) is 23.2 Å². The molecule has 2 rings (SSSR count). The molecule has 1 aromatic heterocycles. The van der Waals surface area contributed by atoms with E-state index in [-0.39, 0.29) is 36.0 Å². The van der Waals surface area contributed by atoms with Crippen LogP contribution in [0.15, 0.2) is 4.99 Å². The minimum absolute atomic E-state index is 0. The molecule has 0 aliphatic carbocycles. The Kier molecular flexibility index (Phi) is 12.1. The summed E-state index contributed by atoms with van der Waals surface area (Å²) < 4.78 is 5.12. The zero-order valence-electron chi connectivity index (χ0n) is 19.0. The Morgan fingerprint density at radius 3 is 2.53 bits per heavy atom. The molecule has 0 aromatic carbocycles. The number of aromatic nitrogens is 1. The van der Waals surface area contributed by atoms with Gasteiger partial charge in [-0.05, 0) is 41.7 Å². The minimum Gasteiger partial charge on any atom is -0.462 e. The molecular weight excluding hydrogens is 515 g/mol. The average molecular weight is 553 g/mol. The van der Waals surface area contributed by atoms with Gasteiger partial charge >= 0.3 is 5.97 Å². The summed E-state index contributed by atoms with van der Waals surface area (Å²) in [5.74, 6) is 0.467. The van der Waals surface area contributed by atoms with Crippen molar-refractivity contribution in [3.63, 3.8) is 0 Å². The summed E-state index contributed by atoms with van der Waals surface area (Å²) >= 11 is 1.38. The SMILES string of the molecule is CCNC(=NCC(C)N1CCN(C)CC1)NC(C)c1nc(C)c(C(=O)OCC)s1.I. The van der Waals surface area contributed by atoms with E-state index in [2.05, 4.69) is 46.3 Å². The fourth-order valence-electron chi connectivity index (χ4n) is 3.18. The van der Waals surface area contributed by atoms with Crippen LogP contribution in [0.1, 0.15) is 54.1 Å². The number of aryl methyl sites for hydroxylation is 1. The summed E-state index contributed by atoms with van der Waals surface area (Å²) in [4.78, 5) is 26.8. The van der Waals surface area contributed by atoms with Gasteiger partial charge in [-0.1, -0.05) is 0 Å². The standard InChI is InChI=1S/C20H36N6O2S.HI/c1-7-21-20(22-13-14(3)26-11-9-25(6)10-12-26)24-16(5)18-23-15(4)17(29-18)19(27)28-8-2;/h14,16H,7-13H2,1-6H3,(H2,21,22,24);1H. The molecule has 1 saturated heterocycles. The van der Waals surface area contributed by atoms with E-state index in [1.54, 1.807) is 0 Å². The number of carbonyl (C=O) groups excluding carboxylic acids is 1. The molecule has 8 nitrogen and oxygen atoms in total. The quantitative estimate of drug-likeness (QED) is 0.222. The number of nitrogens with zero attached hydrogens (tertiary/aromatic N) is 4. The largest absolute Gasteiger partial charge is 0.462 e. The number of ether oxygens (including phenoxy) is 1. The molecule has 0 saturated carbocycles. The molecule has 1 aliphatic rings. The van der Waals surface area contributed by atoms with Gasteiger partial charge in [0.2, 0.25) is 0 Å². The first kappa shape index (κ1) is 27.1. The Morgan fingerprint density at radius 2 is 1.93 bits per heavy atom. The van der Waals surface area contributed by atoms with Gasteiger partial charge in [0.1, 0.15) is 9.88 Å². The number of halogens is 1. The topological polar surface area (TPSA) is 82.1 Å². The predicted molar refractivity (Wildman–Crippen MR) is 134 cm³/mol. The third-order valence-corrected chi connectivity index (χ3v) is 6.34. The number of esters is 1. The van der Waals surface area contributed by atoms with Gasteiger partial charge in [-0.15, -0.1) is 35.3 Å². The van der Waals surface area contributed by atoms with Crippen LogP contribution >= 0.6 is 35.3 Å². The lowest BCUT2D eigenvalue weighted by molar-refractivity contribution is 0.0531. The fourth-order valence-corrected chi connectivity index (χ4v) is 4.14. The zero-order valence-corrected chi connectivity index (χ0v) is 22.2. The molecule has 1 aromatic rings. The second-order valence-electron chi connectivity index (χ2n) is 7.46. The van der Waals surface area contributed by atoms with Gasteiger partial charge in [0.05, 0.1) is 24.9 Å². The Labute approximate surface area is 201 Å². The van der Waals surface area contributed by atoms with Gasteiger partial charge in [0.15, 0.2) is 5.96 Å². The maximum Gasteiger partial charge on any atom is 0.350 e. The van der Waals surface area contributed by atoms with Gasteiger partial charge in [0, 0.05) is 38.8 Å². The van der Waals surface area contributed by atoms with E-state index < -0.39 is 0 Å². The van der Waals surface area contributed by atoms with Crippen molar-refractivity contribution in [2.24, 2.45) is 4.99 Å². The fraction of sp³-hybridized carbons (Fsp3) is 0.750. The third kappa shape index (κ3) is 7.93. The highest BCUT2D eigenvalue weighted by molar-refractivity contribution is 14.0. The average Bonchev–Trinajstić information content (AvgIpc) is 3.08. The van der Waals surface area contributed by atoms with Crippen molar-refractivity contribution in [1.82, 2.24) is 25.4 Å². The maximum atomic E-state index is 12.1. The Morgan fingerprint density at radius 1 is 1.27 bits per heavy atom. The highest BCUT2D eigenvalue weighted by Crippen LogP contribution is 2.24. The monoisotopic (exact) mass is 552 g/mol. The van der Waals surface area contributed by atoms with Gasteiger partial charge in [0.25, 0.3) is 0 Å². The van der Waals surface area contributed by atoms with Crippen LogP contribution in [0, 0.1) is 6.92 Å². The van der Waals surface area contributed by atoms with Crippen molar-refractivity contribution in [1.29, 1.82) is 0 Å². The van der Waals surface area contributed by atoms with Gasteiger partial charge in [-0.3, -0.25) is 9.89 Å². The van der Waals surface area contributed by atoms with Crippen molar-refractivity contribution in [2.75, 3.05) is 52.9 Å². The highest BCUT2D eigenvalue weighted by atomic mass is 127. The van der Waals surface area contributed by atoms with Gasteiger partial charge in [-0.2, -0.15) is 0 Å². The van der Waals surface area contributed by atoms with Crippen LogP contribution < -0.4 is 10.6 Å². The number of rotatable bonds is 8. The van der Waals surface area contributed by atoms with E-state index in [4.69, 9.17) is 9.73 Å². The molecule has 2 heterocycles. The van der Waals surface area contributed by atoms with Crippen LogP contribution in [0.25, 0.3) is 0 Å². The van der Waals surface area contributed by atoms with Crippen molar-refractivity contribution >= 4 is 47.2 Å². The van der Waals surface area contributed by atoms with E-state index in [1.807, 2.05) is 20.8 Å². The van der Waals surface area contributed by atoms with Crippen LogP contribution in [0.5, 0.6) is 0 Å². The molecule has 0 bridgehead atoms. The number of hydrogen-bond donors (Lipinski definition) is 2. The number of guanidine groups is 1. The summed E-state index contributed by atoms with van der Waals surface area (Å²) in [5, 5.41) is 7.58. The predicted octanol–water partition coefficient (Wildman–Crippen LogP) is 2.50. The Balaban J connectivity index is 0.00000450. The van der Waals surface area contributed by atoms with Crippen LogP contribution in [0.2, 0.25) is 0 Å². The van der Waals surface area contributed by atoms with Crippen LogP contribution in [0.4, 0.5) is 0 Å². The molecule has 30 heavy (non-hydrogen) atoms. The van der Waals surface area contributed by atoms with E-state index in [0.717, 1.165) is 50.2 Å². The molecule has 10 heteroatoms. The Hall–Kier alpha value is -0.980. The van der Waals surface area contributed by atoms with Crippen LogP contribution in [-0.2, 0) is 4.74 Å². The number of aliphatic imine (C=N–C) groups is 1. The zero-order chi connectivity index (χ0) is 21.4. The number of piperazine rings is 1. The molecular formula is C20H37IN6O2S. The van der Waals surface area contributed by atoms with Crippen molar-refractivity contribution < 1.29 is 9.53 Å². The molecule has 1 fully saturated rings. The summed E-state index contributed by atoms with van der Waals surface area (Å²) in [5.41, 5.74) is 0.711. The summed E-state index contributed by atoms with van der Waals surface area (Å²) in [6.45, 7) is 16.2. The lowest BCUT2D eigenvalue weighted by Gasteiger charge is -2.35. The summed E-state index contributed by atoms with van der Waals surface area (Å²) in [6.07, 6.45) is 0. The maximum absolute atomic E-state index is 12.1. The number of likely N-dealkylation sites (N-methyl/N-ethyl adjacent to an activating group) is 1. The van der Waals surface area contributed by atoms with Crippen molar-refractivity contribution in [3.05, 3.63) is 15.6 Å².